The van der Waals surface area contributed by atoms with E-state index in [0.717, 1.165) is 11.7 Å². The van der Waals surface area contributed by atoms with Crippen molar-refractivity contribution < 1.29 is 0 Å². The third-order valence-electron chi connectivity index (χ3n) is 3.65. The van der Waals surface area contributed by atoms with Gasteiger partial charge in [0.25, 0.3) is 0 Å². The zero-order valence-electron chi connectivity index (χ0n) is 9.48. The van der Waals surface area contributed by atoms with Crippen LogP contribution in [0.15, 0.2) is 23.1 Å². The Morgan fingerprint density at radius 1 is 1.25 bits per heavy atom. The summed E-state index contributed by atoms with van der Waals surface area (Å²) in [5.41, 5.74) is 8.18. The largest absolute Gasteiger partial charge is 0.399 e. The van der Waals surface area contributed by atoms with E-state index in [1.165, 1.54) is 48.6 Å². The second-order valence-corrected chi connectivity index (χ2v) is 5.84. The first kappa shape index (κ1) is 10.3. The molecule has 86 valence electrons. The Morgan fingerprint density at radius 3 is 2.88 bits per heavy atom. The van der Waals surface area contributed by atoms with Gasteiger partial charge in [-0.2, -0.15) is 0 Å². The minimum Gasteiger partial charge on any atom is -0.399 e. The lowest BCUT2D eigenvalue weighted by atomic mass is 10.1. The lowest BCUT2D eigenvalue weighted by molar-refractivity contribution is 0.615. The third-order valence-corrected chi connectivity index (χ3v) is 4.69. The molecule has 1 aromatic carbocycles. The van der Waals surface area contributed by atoms with E-state index in [1.54, 1.807) is 0 Å². The van der Waals surface area contributed by atoms with Crippen LogP contribution in [0, 0.1) is 0 Å². The van der Waals surface area contributed by atoms with Crippen LogP contribution < -0.4 is 10.6 Å². The number of anilines is 2. The Hall–Kier alpha value is -0.830. The standard InChI is InChI=1S/C13H18N2S/c14-10-5-6-13-12(9-10)15(7-8-16-13)11-3-1-2-4-11/h5-6,9,11H,1-4,7-8,14H2. The summed E-state index contributed by atoms with van der Waals surface area (Å²) in [5, 5.41) is 0. The molecule has 2 nitrogen and oxygen atoms in total. The molecule has 1 fully saturated rings. The molecule has 1 heterocycles. The number of nitrogens with two attached hydrogens (primary N) is 1. The lowest BCUT2D eigenvalue weighted by Crippen LogP contribution is -2.37. The van der Waals surface area contributed by atoms with Gasteiger partial charge in [-0.05, 0) is 31.0 Å². The van der Waals surface area contributed by atoms with Crippen LogP contribution in [0.1, 0.15) is 25.7 Å². The summed E-state index contributed by atoms with van der Waals surface area (Å²) in [6.07, 6.45) is 5.51. The highest BCUT2D eigenvalue weighted by Crippen LogP contribution is 2.39. The molecule has 0 unspecified atom stereocenters. The van der Waals surface area contributed by atoms with Crippen molar-refractivity contribution in [2.75, 3.05) is 22.9 Å². The maximum atomic E-state index is 5.91. The summed E-state index contributed by atoms with van der Waals surface area (Å²) in [4.78, 5) is 4.00. The molecule has 2 aliphatic rings. The van der Waals surface area contributed by atoms with Crippen LogP contribution in [-0.2, 0) is 0 Å². The topological polar surface area (TPSA) is 29.3 Å². The van der Waals surface area contributed by atoms with Gasteiger partial charge in [-0.25, -0.2) is 0 Å². The highest BCUT2D eigenvalue weighted by Gasteiger charge is 2.26. The zero-order chi connectivity index (χ0) is 11.0. The minimum absolute atomic E-state index is 0.765. The molecule has 3 rings (SSSR count). The number of nitrogen functional groups attached to an aromatic ring is 1. The average Bonchev–Trinajstić information content (AvgIpc) is 2.81. The Labute approximate surface area is 101 Å². The van der Waals surface area contributed by atoms with E-state index in [4.69, 9.17) is 5.73 Å². The highest BCUT2D eigenvalue weighted by atomic mass is 32.2. The first-order chi connectivity index (χ1) is 7.84. The van der Waals surface area contributed by atoms with Gasteiger partial charge in [-0.3, -0.25) is 0 Å². The number of benzene rings is 1. The van der Waals surface area contributed by atoms with Crippen molar-refractivity contribution in [2.24, 2.45) is 0 Å². The molecule has 1 aliphatic carbocycles. The molecular weight excluding hydrogens is 216 g/mol. The second-order valence-electron chi connectivity index (χ2n) is 4.71. The van der Waals surface area contributed by atoms with Crippen molar-refractivity contribution in [3.05, 3.63) is 18.2 Å². The van der Waals surface area contributed by atoms with Crippen molar-refractivity contribution in [3.8, 4) is 0 Å². The van der Waals surface area contributed by atoms with Crippen molar-refractivity contribution >= 4 is 23.1 Å². The lowest BCUT2D eigenvalue weighted by Gasteiger charge is -2.36. The summed E-state index contributed by atoms with van der Waals surface area (Å²) >= 11 is 1.96. The molecule has 0 bridgehead atoms. The predicted octanol–water partition coefficient (Wildman–Crippen LogP) is 3.12. The normalized spacial score (nSPS) is 21.1. The van der Waals surface area contributed by atoms with Crippen LogP contribution in [0.5, 0.6) is 0 Å². The fourth-order valence-corrected chi connectivity index (χ4v) is 3.85. The Balaban J connectivity index is 1.94. The van der Waals surface area contributed by atoms with Crippen molar-refractivity contribution in [3.63, 3.8) is 0 Å². The van der Waals surface area contributed by atoms with E-state index in [-0.39, 0.29) is 0 Å². The van der Waals surface area contributed by atoms with E-state index in [2.05, 4.69) is 17.0 Å². The fraction of sp³-hybridized carbons (Fsp3) is 0.538. The molecule has 1 saturated carbocycles. The third kappa shape index (κ3) is 1.77. The summed E-state index contributed by atoms with van der Waals surface area (Å²) in [6.45, 7) is 1.19. The molecule has 16 heavy (non-hydrogen) atoms. The predicted molar refractivity (Wildman–Crippen MR) is 71.2 cm³/mol. The molecule has 0 radical (unpaired) electrons. The average molecular weight is 234 g/mol. The van der Waals surface area contributed by atoms with Crippen LogP contribution in [0.4, 0.5) is 11.4 Å². The van der Waals surface area contributed by atoms with E-state index < -0.39 is 0 Å². The van der Waals surface area contributed by atoms with E-state index >= 15 is 0 Å². The van der Waals surface area contributed by atoms with Crippen LogP contribution in [0.25, 0.3) is 0 Å². The molecule has 0 saturated heterocycles. The maximum Gasteiger partial charge on any atom is 0.0527 e. The number of hydrogen-bond acceptors (Lipinski definition) is 3. The molecule has 0 atom stereocenters. The van der Waals surface area contributed by atoms with Crippen molar-refractivity contribution in [1.82, 2.24) is 0 Å². The number of fused-ring (bicyclic) bond motifs is 1. The molecule has 0 amide bonds. The molecule has 3 heteroatoms. The van der Waals surface area contributed by atoms with E-state index in [1.807, 2.05) is 17.8 Å². The van der Waals surface area contributed by atoms with Crippen LogP contribution >= 0.6 is 11.8 Å². The number of hydrogen-bond donors (Lipinski definition) is 1. The van der Waals surface area contributed by atoms with Gasteiger partial charge >= 0.3 is 0 Å². The number of rotatable bonds is 1. The van der Waals surface area contributed by atoms with Gasteiger partial charge in [0.1, 0.15) is 0 Å². The van der Waals surface area contributed by atoms with Gasteiger partial charge in [0, 0.05) is 28.9 Å². The SMILES string of the molecule is Nc1ccc2c(c1)N(C1CCCC1)CCS2. The number of nitrogens with zero attached hydrogens (tertiary/aromatic N) is 1. The zero-order valence-corrected chi connectivity index (χ0v) is 10.3. The highest BCUT2D eigenvalue weighted by molar-refractivity contribution is 7.99. The molecule has 1 aliphatic heterocycles. The van der Waals surface area contributed by atoms with Gasteiger partial charge in [-0.15, -0.1) is 11.8 Å². The molecule has 0 aromatic heterocycles. The second kappa shape index (κ2) is 4.21. The van der Waals surface area contributed by atoms with E-state index in [9.17, 15) is 0 Å². The minimum atomic E-state index is 0.765. The van der Waals surface area contributed by atoms with Crippen molar-refractivity contribution in [1.29, 1.82) is 0 Å². The van der Waals surface area contributed by atoms with Crippen LogP contribution in [0.3, 0.4) is 0 Å². The van der Waals surface area contributed by atoms with E-state index in [0.29, 0.717) is 0 Å². The molecule has 2 N–H and O–H groups in total. The van der Waals surface area contributed by atoms with Crippen LogP contribution in [-0.4, -0.2) is 18.3 Å². The number of thioether (sulfide) groups is 1. The first-order valence-electron chi connectivity index (χ1n) is 6.13. The maximum absolute atomic E-state index is 5.91. The summed E-state index contributed by atoms with van der Waals surface area (Å²) in [6, 6.07) is 7.11. The van der Waals surface area contributed by atoms with Crippen LogP contribution in [0.2, 0.25) is 0 Å². The molecule has 0 spiro atoms. The van der Waals surface area contributed by atoms with Gasteiger partial charge < -0.3 is 10.6 Å². The Bertz CT molecular complexity index is 386. The monoisotopic (exact) mass is 234 g/mol. The van der Waals surface area contributed by atoms with Gasteiger partial charge in [0.2, 0.25) is 0 Å². The molecule has 1 aromatic rings. The first-order valence-corrected chi connectivity index (χ1v) is 7.12. The molecular formula is C13H18N2S. The van der Waals surface area contributed by atoms with Gasteiger partial charge in [0.15, 0.2) is 0 Å². The quantitative estimate of drug-likeness (QED) is 0.757. The van der Waals surface area contributed by atoms with Crippen molar-refractivity contribution in [2.45, 2.75) is 36.6 Å². The Morgan fingerprint density at radius 2 is 2.06 bits per heavy atom. The van der Waals surface area contributed by atoms with Gasteiger partial charge in [-0.1, -0.05) is 12.8 Å². The fourth-order valence-electron chi connectivity index (χ4n) is 2.85. The van der Waals surface area contributed by atoms with Gasteiger partial charge in [0.05, 0.1) is 5.69 Å². The smallest absolute Gasteiger partial charge is 0.0527 e. The summed E-state index contributed by atoms with van der Waals surface area (Å²) < 4.78 is 0. The summed E-state index contributed by atoms with van der Waals surface area (Å²) in [5.74, 6) is 1.22. The summed E-state index contributed by atoms with van der Waals surface area (Å²) in [7, 11) is 0. The Kier molecular flexibility index (Phi) is 2.72.